The fourth-order valence-electron chi connectivity index (χ4n) is 3.10. The molecule has 0 aromatic heterocycles. The summed E-state index contributed by atoms with van der Waals surface area (Å²) >= 11 is 11.3. The summed E-state index contributed by atoms with van der Waals surface area (Å²) < 4.78 is 32.2. The highest BCUT2D eigenvalue weighted by atomic mass is 35.5. The Morgan fingerprint density at radius 2 is 1.69 bits per heavy atom. The SMILES string of the molecule is COc1ccc(CCNC(=S)N2CCN(S(=O)(=O)c3ccc(Cl)cc3)CC2)cc1. The first kappa shape index (κ1) is 21.8. The molecule has 0 amide bonds. The number of rotatable bonds is 6. The average Bonchev–Trinajstić information content (AvgIpc) is 2.74. The molecule has 1 aliphatic heterocycles. The molecule has 1 saturated heterocycles. The second-order valence-electron chi connectivity index (χ2n) is 6.68. The van der Waals surface area contributed by atoms with Crippen LogP contribution < -0.4 is 10.1 Å². The molecule has 9 heteroatoms. The van der Waals surface area contributed by atoms with E-state index in [-0.39, 0.29) is 4.90 Å². The summed E-state index contributed by atoms with van der Waals surface area (Å²) in [6, 6.07) is 14.2. The van der Waals surface area contributed by atoms with Crippen molar-refractivity contribution in [1.29, 1.82) is 0 Å². The normalized spacial score (nSPS) is 15.2. The van der Waals surface area contributed by atoms with Crippen molar-refractivity contribution in [3.8, 4) is 5.75 Å². The number of nitrogens with one attached hydrogen (secondary N) is 1. The number of sulfonamides is 1. The Morgan fingerprint density at radius 3 is 2.28 bits per heavy atom. The fraction of sp³-hybridized carbons (Fsp3) is 0.350. The standard InChI is InChI=1S/C20H24ClN3O3S2/c1-27-18-6-2-16(3-7-18)10-11-22-20(28)23-12-14-24(15-13-23)29(25,26)19-8-4-17(21)5-9-19/h2-9H,10-15H2,1H3,(H,22,28). The lowest BCUT2D eigenvalue weighted by atomic mass is 10.1. The van der Waals surface area contributed by atoms with E-state index in [1.54, 1.807) is 19.2 Å². The summed E-state index contributed by atoms with van der Waals surface area (Å²) in [6.45, 7) is 2.62. The van der Waals surface area contributed by atoms with Crippen molar-refractivity contribution >= 4 is 39.0 Å². The fourth-order valence-corrected chi connectivity index (χ4v) is 4.94. The summed E-state index contributed by atoms with van der Waals surface area (Å²) in [6.07, 6.45) is 0.842. The van der Waals surface area contributed by atoms with E-state index in [0.29, 0.717) is 42.9 Å². The molecule has 3 rings (SSSR count). The van der Waals surface area contributed by atoms with E-state index >= 15 is 0 Å². The number of nitrogens with zero attached hydrogens (tertiary/aromatic N) is 2. The molecule has 1 fully saturated rings. The van der Waals surface area contributed by atoms with Gasteiger partial charge >= 0.3 is 0 Å². The second kappa shape index (κ2) is 9.75. The zero-order chi connectivity index (χ0) is 20.9. The smallest absolute Gasteiger partial charge is 0.243 e. The minimum absolute atomic E-state index is 0.260. The Balaban J connectivity index is 1.47. The Hall–Kier alpha value is -1.87. The van der Waals surface area contributed by atoms with Crippen LogP contribution in [0.3, 0.4) is 0 Å². The lowest BCUT2D eigenvalue weighted by Crippen LogP contribution is -2.53. The van der Waals surface area contributed by atoms with Crippen molar-refractivity contribution in [2.75, 3.05) is 39.8 Å². The van der Waals surface area contributed by atoms with Gasteiger partial charge in [-0.15, -0.1) is 0 Å². The second-order valence-corrected chi connectivity index (χ2v) is 9.44. The Kier molecular flexibility index (Phi) is 7.34. The van der Waals surface area contributed by atoms with Gasteiger partial charge in [0.1, 0.15) is 5.75 Å². The van der Waals surface area contributed by atoms with Crippen LogP contribution in [0.25, 0.3) is 0 Å². The van der Waals surface area contributed by atoms with Crippen LogP contribution in [0.5, 0.6) is 5.75 Å². The molecule has 6 nitrogen and oxygen atoms in total. The van der Waals surface area contributed by atoms with Crippen molar-refractivity contribution in [3.05, 3.63) is 59.1 Å². The van der Waals surface area contributed by atoms with Crippen molar-refractivity contribution in [2.24, 2.45) is 0 Å². The molecular weight excluding hydrogens is 430 g/mol. The summed E-state index contributed by atoms with van der Waals surface area (Å²) in [5.41, 5.74) is 1.19. The van der Waals surface area contributed by atoms with Gasteiger partial charge in [0.2, 0.25) is 10.0 Å². The topological polar surface area (TPSA) is 61.9 Å². The number of hydrogen-bond acceptors (Lipinski definition) is 4. The predicted octanol–water partition coefficient (Wildman–Crippen LogP) is 2.77. The van der Waals surface area contributed by atoms with E-state index in [1.807, 2.05) is 29.2 Å². The molecule has 0 unspecified atom stereocenters. The van der Waals surface area contributed by atoms with Crippen LogP contribution in [-0.2, 0) is 16.4 Å². The van der Waals surface area contributed by atoms with E-state index in [0.717, 1.165) is 12.2 Å². The number of halogens is 1. The molecule has 29 heavy (non-hydrogen) atoms. The summed E-state index contributed by atoms with van der Waals surface area (Å²) in [5, 5.41) is 4.43. The molecule has 2 aromatic rings. The van der Waals surface area contributed by atoms with E-state index in [4.69, 9.17) is 28.6 Å². The van der Waals surface area contributed by atoms with E-state index in [9.17, 15) is 8.42 Å². The molecule has 156 valence electrons. The van der Waals surface area contributed by atoms with Gasteiger partial charge in [-0.2, -0.15) is 4.31 Å². The maximum absolute atomic E-state index is 12.8. The third-order valence-electron chi connectivity index (χ3n) is 4.83. The first-order chi connectivity index (χ1) is 13.9. The maximum atomic E-state index is 12.8. The van der Waals surface area contributed by atoms with E-state index < -0.39 is 10.0 Å². The minimum atomic E-state index is -3.51. The molecule has 0 saturated carbocycles. The molecule has 0 aliphatic carbocycles. The highest BCUT2D eigenvalue weighted by molar-refractivity contribution is 7.89. The van der Waals surface area contributed by atoms with Gasteiger partial charge in [0, 0.05) is 37.7 Å². The van der Waals surface area contributed by atoms with Crippen LogP contribution in [0.2, 0.25) is 5.02 Å². The summed E-state index contributed by atoms with van der Waals surface area (Å²) in [5.74, 6) is 0.837. The largest absolute Gasteiger partial charge is 0.497 e. The predicted molar refractivity (Wildman–Crippen MR) is 119 cm³/mol. The van der Waals surface area contributed by atoms with Crippen molar-refractivity contribution in [1.82, 2.24) is 14.5 Å². The quantitative estimate of drug-likeness (QED) is 0.678. The lowest BCUT2D eigenvalue weighted by molar-refractivity contribution is 0.264. The average molecular weight is 454 g/mol. The molecule has 1 heterocycles. The Labute approximate surface area is 182 Å². The summed E-state index contributed by atoms with van der Waals surface area (Å²) in [4.78, 5) is 2.27. The molecular formula is C20H24ClN3O3S2. The van der Waals surface area contributed by atoms with Gasteiger partial charge in [0.05, 0.1) is 12.0 Å². The molecule has 0 bridgehead atoms. The number of methoxy groups -OCH3 is 1. The molecule has 1 aliphatic rings. The Bertz CT molecular complexity index is 926. The van der Waals surface area contributed by atoms with Gasteiger partial charge in [-0.1, -0.05) is 23.7 Å². The number of benzene rings is 2. The first-order valence-electron chi connectivity index (χ1n) is 9.31. The Morgan fingerprint density at radius 1 is 1.07 bits per heavy atom. The number of thiocarbonyl (C=S) groups is 1. The monoisotopic (exact) mass is 453 g/mol. The van der Waals surface area contributed by atoms with Crippen LogP contribution in [-0.4, -0.2) is 62.6 Å². The third-order valence-corrected chi connectivity index (χ3v) is 7.39. The first-order valence-corrected chi connectivity index (χ1v) is 11.5. The lowest BCUT2D eigenvalue weighted by Gasteiger charge is -2.35. The van der Waals surface area contributed by atoms with E-state index in [1.165, 1.54) is 22.0 Å². The van der Waals surface area contributed by atoms with Crippen LogP contribution >= 0.6 is 23.8 Å². The molecule has 0 spiro atoms. The highest BCUT2D eigenvalue weighted by Crippen LogP contribution is 2.20. The van der Waals surface area contributed by atoms with Crippen LogP contribution in [0.1, 0.15) is 5.56 Å². The zero-order valence-electron chi connectivity index (χ0n) is 16.2. The zero-order valence-corrected chi connectivity index (χ0v) is 18.6. The van der Waals surface area contributed by atoms with Gasteiger partial charge in [-0.3, -0.25) is 0 Å². The minimum Gasteiger partial charge on any atom is -0.497 e. The number of ether oxygens (including phenoxy) is 1. The third kappa shape index (κ3) is 5.60. The van der Waals surface area contributed by atoms with Crippen molar-refractivity contribution in [3.63, 3.8) is 0 Å². The van der Waals surface area contributed by atoms with E-state index in [2.05, 4.69) is 5.32 Å². The van der Waals surface area contributed by atoms with Gasteiger partial charge in [-0.25, -0.2) is 8.42 Å². The van der Waals surface area contributed by atoms with Gasteiger partial charge in [0.25, 0.3) is 0 Å². The summed E-state index contributed by atoms with van der Waals surface area (Å²) in [7, 11) is -1.86. The molecule has 0 radical (unpaired) electrons. The number of piperazine rings is 1. The van der Waals surface area contributed by atoms with Crippen molar-refractivity contribution in [2.45, 2.75) is 11.3 Å². The molecule has 1 N–H and O–H groups in total. The molecule has 2 aromatic carbocycles. The molecule has 0 atom stereocenters. The van der Waals surface area contributed by atoms with Crippen molar-refractivity contribution < 1.29 is 13.2 Å². The van der Waals surface area contributed by atoms with Crippen LogP contribution in [0, 0.1) is 0 Å². The highest BCUT2D eigenvalue weighted by Gasteiger charge is 2.29. The maximum Gasteiger partial charge on any atom is 0.243 e. The number of hydrogen-bond donors (Lipinski definition) is 1. The van der Waals surface area contributed by atoms with Gasteiger partial charge in [-0.05, 0) is 60.6 Å². The van der Waals surface area contributed by atoms with Crippen LogP contribution in [0.15, 0.2) is 53.4 Å². The van der Waals surface area contributed by atoms with Gasteiger partial charge in [0.15, 0.2) is 5.11 Å². The van der Waals surface area contributed by atoms with Gasteiger partial charge < -0.3 is 15.0 Å². The van der Waals surface area contributed by atoms with Crippen LogP contribution in [0.4, 0.5) is 0 Å².